The average Bonchev–Trinajstić information content (AvgIpc) is 3.42. The molecule has 2 aliphatic rings. The predicted molar refractivity (Wildman–Crippen MR) is 280 cm³/mol. The van der Waals surface area contributed by atoms with Crippen molar-refractivity contribution < 1.29 is 59.4 Å². The maximum Gasteiger partial charge on any atom is 0.414 e. The first kappa shape index (κ1) is 58.5. The van der Waals surface area contributed by atoms with Crippen molar-refractivity contribution in [2.75, 3.05) is 39.3 Å². The van der Waals surface area contributed by atoms with Gasteiger partial charge in [0.15, 0.2) is 0 Å². The molecule has 0 unspecified atom stereocenters. The van der Waals surface area contributed by atoms with E-state index in [1.807, 2.05) is 0 Å². The second-order valence-corrected chi connectivity index (χ2v) is 17.6. The van der Waals surface area contributed by atoms with Crippen molar-refractivity contribution >= 4 is 35.8 Å². The Bertz CT molecular complexity index is 2360. The fourth-order valence-corrected chi connectivity index (χ4v) is 8.70. The summed E-state index contributed by atoms with van der Waals surface area (Å²) in [6.45, 7) is 8.63. The van der Waals surface area contributed by atoms with Gasteiger partial charge in [-0.1, -0.05) is 182 Å². The summed E-state index contributed by atoms with van der Waals surface area (Å²) in [5.74, 6) is -10.9. The Labute approximate surface area is 431 Å². The van der Waals surface area contributed by atoms with Gasteiger partial charge in [-0.05, 0) is 85.0 Å². The van der Waals surface area contributed by atoms with Crippen LogP contribution in [0.15, 0.2) is 182 Å². The zero-order valence-corrected chi connectivity index (χ0v) is 41.2. The van der Waals surface area contributed by atoms with Gasteiger partial charge in [0.25, 0.3) is 0 Å². The fraction of sp³-hybridized carbons (Fsp3) is 0.276. The van der Waals surface area contributed by atoms with Gasteiger partial charge in [-0.3, -0.25) is 9.80 Å². The molecule has 16 nitrogen and oxygen atoms in total. The minimum absolute atomic E-state index is 0.0865. The van der Waals surface area contributed by atoms with E-state index in [4.69, 9.17) is 59.4 Å². The molecule has 0 aromatic heterocycles. The van der Waals surface area contributed by atoms with Gasteiger partial charge in [0.1, 0.15) is 0 Å². The van der Waals surface area contributed by atoms with Crippen LogP contribution in [-0.2, 0) is 65.8 Å². The number of benzene rings is 6. The number of piperidine rings is 2. The van der Waals surface area contributed by atoms with Gasteiger partial charge < -0.3 is 41.3 Å². The van der Waals surface area contributed by atoms with E-state index in [1.165, 1.54) is 33.4 Å². The van der Waals surface area contributed by atoms with E-state index in [9.17, 15) is 0 Å². The van der Waals surface area contributed by atoms with Crippen LogP contribution in [0.4, 0.5) is 0 Å². The summed E-state index contributed by atoms with van der Waals surface area (Å²) in [4.78, 5) is 59.8. The molecule has 2 aliphatic heterocycles. The molecule has 0 amide bonds. The smallest absolute Gasteiger partial charge is 0.414 e. The summed E-state index contributed by atoms with van der Waals surface area (Å²) in [5, 5.41) is 52.3. The number of hydrogen-bond acceptors (Lipinski definition) is 10. The van der Waals surface area contributed by atoms with Crippen LogP contribution in [-0.4, -0.2) is 116 Å². The van der Waals surface area contributed by atoms with Crippen molar-refractivity contribution in [3.05, 3.63) is 215 Å². The molecule has 2 heterocycles. The molecule has 0 aliphatic carbocycles. The minimum Gasteiger partial charge on any atom is -0.473 e. The van der Waals surface area contributed by atoms with Crippen LogP contribution in [0.3, 0.4) is 0 Å². The second-order valence-electron chi connectivity index (χ2n) is 17.6. The van der Waals surface area contributed by atoms with Gasteiger partial charge in [-0.15, -0.1) is 0 Å². The lowest BCUT2D eigenvalue weighted by Gasteiger charge is -2.43. The first-order chi connectivity index (χ1) is 35.6. The normalized spacial score (nSPS) is 14.4. The zero-order valence-electron chi connectivity index (χ0n) is 41.2. The van der Waals surface area contributed by atoms with Crippen LogP contribution in [0.2, 0.25) is 0 Å². The van der Waals surface area contributed by atoms with Gasteiger partial charge >= 0.3 is 35.8 Å². The summed E-state index contributed by atoms with van der Waals surface area (Å²) in [7, 11) is 0. The fourth-order valence-electron chi connectivity index (χ4n) is 8.70. The van der Waals surface area contributed by atoms with Crippen molar-refractivity contribution in [3.63, 3.8) is 0 Å². The lowest BCUT2D eigenvalue weighted by atomic mass is 9.80. The highest BCUT2D eigenvalue weighted by Gasteiger charge is 2.37. The highest BCUT2D eigenvalue weighted by atomic mass is 16.5. The Morgan fingerprint density at radius 3 is 0.784 bits per heavy atom. The Kier molecular flexibility index (Phi) is 24.9. The van der Waals surface area contributed by atoms with Crippen molar-refractivity contribution in [1.82, 2.24) is 20.4 Å². The molecule has 6 aromatic rings. The van der Waals surface area contributed by atoms with Crippen molar-refractivity contribution in [2.24, 2.45) is 0 Å². The van der Waals surface area contributed by atoms with Crippen LogP contribution in [0.5, 0.6) is 0 Å². The van der Waals surface area contributed by atoms with E-state index in [-0.39, 0.29) is 11.1 Å². The molecule has 16 heteroatoms. The number of carbonyl (C=O) groups is 6. The summed E-state index contributed by atoms with van der Waals surface area (Å²) in [6.07, 6.45) is 6.75. The van der Waals surface area contributed by atoms with Crippen LogP contribution in [0, 0.1) is 0 Å². The van der Waals surface area contributed by atoms with Crippen molar-refractivity contribution in [1.29, 1.82) is 0 Å². The second kappa shape index (κ2) is 31.4. The molecule has 0 bridgehead atoms. The molecule has 0 spiro atoms. The molecule has 0 atom stereocenters. The number of aliphatic carboxylic acids is 6. The largest absolute Gasteiger partial charge is 0.473 e. The van der Waals surface area contributed by atoms with Crippen LogP contribution < -0.4 is 10.6 Å². The quantitative estimate of drug-likeness (QED) is 0.0492. The lowest BCUT2D eigenvalue weighted by molar-refractivity contribution is -0.159. The third kappa shape index (κ3) is 21.0. The van der Waals surface area contributed by atoms with Crippen molar-refractivity contribution in [3.8, 4) is 0 Å². The maximum absolute atomic E-state index is 9.10. The monoisotopic (exact) mass is 1010 g/mol. The first-order valence-corrected chi connectivity index (χ1v) is 24.2. The Morgan fingerprint density at radius 1 is 0.338 bits per heavy atom. The van der Waals surface area contributed by atoms with E-state index in [1.54, 1.807) is 0 Å². The Morgan fingerprint density at radius 2 is 0.554 bits per heavy atom. The average molecular weight is 1010 g/mol. The van der Waals surface area contributed by atoms with Crippen LogP contribution in [0.25, 0.3) is 0 Å². The number of hydrogen-bond donors (Lipinski definition) is 8. The minimum atomic E-state index is -1.82. The zero-order chi connectivity index (χ0) is 53.6. The molecule has 6 aromatic carbocycles. The van der Waals surface area contributed by atoms with Crippen LogP contribution in [0.1, 0.15) is 59.1 Å². The number of nitrogens with zero attached hydrogens (tertiary/aromatic N) is 2. The summed E-state index contributed by atoms with van der Waals surface area (Å²) in [6, 6.07) is 65.4. The highest BCUT2D eigenvalue weighted by Crippen LogP contribution is 2.35. The molecule has 74 heavy (non-hydrogen) atoms. The number of likely N-dealkylation sites (tertiary alicyclic amines) is 2. The standard InChI is InChI=1S/2C26H30N2.3C2H2O4/c2*1-4-10-23(11-5-1)16-19-27-26(25-14-8-3-9-15-25)17-20-28(21-18-26)22-24-12-6-2-7-13-24;3*3-1(4)2(5)6/h2*1-15,27H,16-22H2;3*(H,3,4)(H,5,6). The van der Waals surface area contributed by atoms with Gasteiger partial charge in [-0.25, -0.2) is 28.8 Å². The first-order valence-electron chi connectivity index (χ1n) is 24.2. The van der Waals surface area contributed by atoms with E-state index in [2.05, 4.69) is 202 Å². The molecule has 8 N–H and O–H groups in total. The molecule has 390 valence electrons. The highest BCUT2D eigenvalue weighted by molar-refractivity contribution is 6.28. The number of nitrogens with one attached hydrogen (secondary N) is 2. The summed E-state index contributed by atoms with van der Waals surface area (Å²) >= 11 is 0. The molecule has 2 fully saturated rings. The molecule has 0 saturated carbocycles. The molecular formula is C58H66N4O12. The van der Waals surface area contributed by atoms with E-state index in [0.717, 1.165) is 90.9 Å². The summed E-state index contributed by atoms with van der Waals surface area (Å²) in [5.41, 5.74) is 8.66. The number of carboxylic acids is 6. The lowest BCUT2D eigenvalue weighted by Crippen LogP contribution is -2.51. The van der Waals surface area contributed by atoms with Crippen LogP contribution >= 0.6 is 0 Å². The molecule has 8 rings (SSSR count). The summed E-state index contributed by atoms with van der Waals surface area (Å²) < 4.78 is 0. The van der Waals surface area contributed by atoms with Gasteiger partial charge in [0.2, 0.25) is 0 Å². The Hall–Kier alpha value is -8.02. The van der Waals surface area contributed by atoms with Gasteiger partial charge in [0, 0.05) is 50.3 Å². The SMILES string of the molecule is O=C(O)C(=O)O.O=C(O)C(=O)O.O=C(O)C(=O)O.c1ccc(CCNC2(c3ccccc3)CCN(Cc3ccccc3)CC2)cc1.c1ccc(CCNC2(c3ccccc3)CCN(Cc3ccccc3)CC2)cc1. The molecule has 0 radical (unpaired) electrons. The number of rotatable bonds is 14. The van der Waals surface area contributed by atoms with E-state index >= 15 is 0 Å². The third-order valence-electron chi connectivity index (χ3n) is 12.6. The molecular weight excluding hydrogens is 945 g/mol. The van der Waals surface area contributed by atoms with Crippen molar-refractivity contribution in [2.45, 2.75) is 62.7 Å². The molecule has 2 saturated heterocycles. The third-order valence-corrected chi connectivity index (χ3v) is 12.6. The van der Waals surface area contributed by atoms with E-state index in [0.29, 0.717) is 0 Å². The maximum atomic E-state index is 9.10. The van der Waals surface area contributed by atoms with E-state index < -0.39 is 35.8 Å². The predicted octanol–water partition coefficient (Wildman–Crippen LogP) is 7.49. The Balaban J connectivity index is 0.000000242. The number of carboxylic acid groups (broad SMARTS) is 6. The van der Waals surface area contributed by atoms with Gasteiger partial charge in [0.05, 0.1) is 0 Å². The van der Waals surface area contributed by atoms with Gasteiger partial charge in [-0.2, -0.15) is 0 Å². The topological polar surface area (TPSA) is 254 Å².